The summed E-state index contributed by atoms with van der Waals surface area (Å²) in [6.07, 6.45) is 2.97. The van der Waals surface area contributed by atoms with E-state index in [1.807, 2.05) is 31.2 Å². The van der Waals surface area contributed by atoms with Crippen LogP contribution in [0.4, 0.5) is 0 Å². The van der Waals surface area contributed by atoms with Gasteiger partial charge in [0, 0.05) is 33.3 Å². The number of allylic oxidation sites excluding steroid dienone is 1. The predicted octanol–water partition coefficient (Wildman–Crippen LogP) is 7.82. The zero-order chi connectivity index (χ0) is 31.9. The van der Waals surface area contributed by atoms with Gasteiger partial charge in [0.2, 0.25) is 5.88 Å². The largest absolute Gasteiger partial charge is 0.497 e. The quantitative estimate of drug-likeness (QED) is 0.106. The topological polar surface area (TPSA) is 113 Å². The summed E-state index contributed by atoms with van der Waals surface area (Å²) in [4.78, 5) is 12.5. The maximum atomic E-state index is 12.5. The number of esters is 1. The molecule has 1 unspecified atom stereocenters. The molecule has 228 valence electrons. The lowest BCUT2D eigenvalue weighted by molar-refractivity contribution is -0.128. The van der Waals surface area contributed by atoms with Gasteiger partial charge in [0.15, 0.2) is 11.5 Å². The number of carbonyl (C=O) groups excluding carboxylic acids is 1. The Labute approximate surface area is 270 Å². The number of nitriles is 1. The van der Waals surface area contributed by atoms with Gasteiger partial charge in [-0.05, 0) is 66.6 Å². The molecule has 1 aliphatic heterocycles. The number of nitrogens with two attached hydrogens (primary N) is 1. The number of methoxy groups -OCH3 is 1. The van der Waals surface area contributed by atoms with Gasteiger partial charge in [-0.2, -0.15) is 5.26 Å². The van der Waals surface area contributed by atoms with Gasteiger partial charge in [0.05, 0.1) is 19.6 Å². The van der Waals surface area contributed by atoms with E-state index in [0.717, 1.165) is 16.7 Å². The first kappa shape index (κ1) is 31.3. The van der Waals surface area contributed by atoms with Crippen LogP contribution in [0, 0.1) is 11.3 Å². The van der Waals surface area contributed by atoms with Crippen LogP contribution in [0.15, 0.2) is 96.4 Å². The normalized spacial score (nSPS) is 13.9. The summed E-state index contributed by atoms with van der Waals surface area (Å²) in [5.41, 5.74) is 9.41. The van der Waals surface area contributed by atoms with Gasteiger partial charge in [-0.25, -0.2) is 4.79 Å². The van der Waals surface area contributed by atoms with E-state index in [0.29, 0.717) is 45.2 Å². The second-order valence-corrected chi connectivity index (χ2v) is 10.7. The molecule has 10 heteroatoms. The van der Waals surface area contributed by atoms with E-state index < -0.39 is 11.9 Å². The minimum Gasteiger partial charge on any atom is -0.497 e. The Morgan fingerprint density at radius 3 is 2.47 bits per heavy atom. The number of nitrogens with zero attached hydrogens (tertiary/aromatic N) is 1. The number of hydrogen-bond donors (Lipinski definition) is 1. The molecule has 0 spiro atoms. The lowest BCUT2D eigenvalue weighted by atomic mass is 9.83. The first-order valence-electron chi connectivity index (χ1n) is 13.9. The van der Waals surface area contributed by atoms with Gasteiger partial charge in [-0.1, -0.05) is 53.5 Å². The average molecular weight is 644 g/mol. The number of hydrogen-bond acceptors (Lipinski definition) is 8. The van der Waals surface area contributed by atoms with Gasteiger partial charge in [-0.3, -0.25) is 0 Å². The molecular weight excluding hydrogens is 615 g/mol. The van der Waals surface area contributed by atoms with Crippen LogP contribution in [-0.2, 0) is 11.4 Å². The van der Waals surface area contributed by atoms with Gasteiger partial charge in [0.1, 0.15) is 35.5 Å². The second-order valence-electron chi connectivity index (χ2n) is 9.82. The average Bonchev–Trinajstić information content (AvgIpc) is 3.03. The van der Waals surface area contributed by atoms with E-state index in [4.69, 9.17) is 52.6 Å². The molecule has 0 radical (unpaired) electrons. The molecule has 1 heterocycles. The Hall–Kier alpha value is -5.10. The molecule has 0 fully saturated rings. The maximum absolute atomic E-state index is 12.5. The van der Waals surface area contributed by atoms with Crippen molar-refractivity contribution in [3.05, 3.63) is 129 Å². The fourth-order valence-electron chi connectivity index (χ4n) is 4.76. The molecule has 1 atom stereocenters. The molecule has 0 aliphatic carbocycles. The third-order valence-corrected chi connectivity index (χ3v) is 7.52. The summed E-state index contributed by atoms with van der Waals surface area (Å²) in [6, 6.07) is 25.0. The van der Waals surface area contributed by atoms with E-state index >= 15 is 0 Å². The lowest BCUT2D eigenvalue weighted by Gasteiger charge is -2.27. The van der Waals surface area contributed by atoms with Crippen molar-refractivity contribution in [2.75, 3.05) is 13.7 Å². The van der Waals surface area contributed by atoms with Gasteiger partial charge in [-0.15, -0.1) is 0 Å². The zero-order valence-electron chi connectivity index (χ0n) is 24.4. The van der Waals surface area contributed by atoms with Crippen molar-refractivity contribution in [2.45, 2.75) is 19.4 Å². The van der Waals surface area contributed by atoms with Crippen LogP contribution in [0.1, 0.15) is 35.1 Å². The van der Waals surface area contributed by atoms with E-state index in [1.54, 1.807) is 67.8 Å². The van der Waals surface area contributed by atoms with E-state index in [2.05, 4.69) is 6.07 Å². The van der Waals surface area contributed by atoms with Gasteiger partial charge < -0.3 is 29.4 Å². The van der Waals surface area contributed by atoms with Crippen molar-refractivity contribution in [2.24, 2.45) is 5.73 Å². The van der Waals surface area contributed by atoms with Gasteiger partial charge >= 0.3 is 5.97 Å². The summed E-state index contributed by atoms with van der Waals surface area (Å²) < 4.78 is 28.4. The highest BCUT2D eigenvalue weighted by Crippen LogP contribution is 2.45. The number of benzene rings is 4. The lowest BCUT2D eigenvalue weighted by Crippen LogP contribution is -2.21. The Balaban J connectivity index is 1.38. The van der Waals surface area contributed by atoms with Crippen molar-refractivity contribution in [1.82, 2.24) is 0 Å². The van der Waals surface area contributed by atoms with E-state index in [1.165, 1.54) is 6.08 Å². The fraction of sp³-hybridized carbons (Fsp3) is 0.143. The summed E-state index contributed by atoms with van der Waals surface area (Å²) >= 11 is 12.3. The van der Waals surface area contributed by atoms with Gasteiger partial charge in [0.25, 0.3) is 0 Å². The molecule has 5 rings (SSSR count). The van der Waals surface area contributed by atoms with E-state index in [-0.39, 0.29) is 23.8 Å². The minimum atomic E-state index is -0.573. The third-order valence-electron chi connectivity index (χ3n) is 6.94. The number of rotatable bonds is 10. The first-order valence-corrected chi connectivity index (χ1v) is 14.6. The van der Waals surface area contributed by atoms with Crippen LogP contribution in [-0.4, -0.2) is 19.7 Å². The van der Waals surface area contributed by atoms with Crippen LogP contribution >= 0.6 is 23.2 Å². The molecule has 8 nitrogen and oxygen atoms in total. The standard InChI is InChI=1S/C35H28Cl2N2O6/c1-3-42-32-16-22(8-14-30(32)43-20-23-7-9-24(36)17-29(23)37)34-27-13-12-26(18-31(27)45-35(39)28(34)19-38)44-33(40)15-6-21-4-10-25(41-2)11-5-21/h4-18,34H,3,20,39H2,1-2H3/b15-6+. The number of fused-ring (bicyclic) bond motifs is 1. The van der Waals surface area contributed by atoms with Crippen LogP contribution in [0.5, 0.6) is 28.7 Å². The molecule has 0 aromatic heterocycles. The molecule has 4 aromatic rings. The van der Waals surface area contributed by atoms with Crippen molar-refractivity contribution in [3.63, 3.8) is 0 Å². The van der Waals surface area contributed by atoms with Crippen LogP contribution in [0.2, 0.25) is 10.0 Å². The minimum absolute atomic E-state index is 0.0476. The second kappa shape index (κ2) is 14.1. The first-order chi connectivity index (χ1) is 21.8. The number of halogens is 2. The van der Waals surface area contributed by atoms with Crippen molar-refractivity contribution >= 4 is 35.2 Å². The monoisotopic (exact) mass is 642 g/mol. The summed E-state index contributed by atoms with van der Waals surface area (Å²) in [7, 11) is 1.59. The zero-order valence-corrected chi connectivity index (χ0v) is 25.9. The van der Waals surface area contributed by atoms with E-state index in [9.17, 15) is 10.1 Å². The van der Waals surface area contributed by atoms with Crippen LogP contribution < -0.4 is 29.4 Å². The molecule has 4 aromatic carbocycles. The van der Waals surface area contributed by atoms with Crippen LogP contribution in [0.3, 0.4) is 0 Å². The molecule has 0 bridgehead atoms. The number of carbonyl (C=O) groups is 1. The summed E-state index contributed by atoms with van der Waals surface area (Å²) in [6.45, 7) is 2.45. The molecule has 2 N–H and O–H groups in total. The van der Waals surface area contributed by atoms with Crippen molar-refractivity contribution < 1.29 is 28.5 Å². The number of ether oxygens (including phenoxy) is 5. The third kappa shape index (κ3) is 7.35. The summed E-state index contributed by atoms with van der Waals surface area (Å²) in [5, 5.41) is 11.1. The Morgan fingerprint density at radius 2 is 1.76 bits per heavy atom. The molecule has 1 aliphatic rings. The fourth-order valence-corrected chi connectivity index (χ4v) is 5.22. The Bertz CT molecular complexity index is 1830. The molecular formula is C35H28Cl2N2O6. The Kier molecular flexibility index (Phi) is 9.83. The molecule has 45 heavy (non-hydrogen) atoms. The van der Waals surface area contributed by atoms with Crippen molar-refractivity contribution in [1.29, 1.82) is 5.26 Å². The highest BCUT2D eigenvalue weighted by Gasteiger charge is 2.32. The maximum Gasteiger partial charge on any atom is 0.336 e. The van der Waals surface area contributed by atoms with Crippen LogP contribution in [0.25, 0.3) is 6.08 Å². The van der Waals surface area contributed by atoms with Crippen molar-refractivity contribution in [3.8, 4) is 34.8 Å². The molecule has 0 amide bonds. The highest BCUT2D eigenvalue weighted by atomic mass is 35.5. The molecule has 0 saturated carbocycles. The highest BCUT2D eigenvalue weighted by molar-refractivity contribution is 6.35. The summed E-state index contributed by atoms with van der Waals surface area (Å²) in [5.74, 6) is 1.12. The predicted molar refractivity (Wildman–Crippen MR) is 172 cm³/mol. The smallest absolute Gasteiger partial charge is 0.336 e. The Morgan fingerprint density at radius 1 is 0.978 bits per heavy atom. The molecule has 0 saturated heterocycles. The SMILES string of the molecule is CCOc1cc(C2C(C#N)=C(N)Oc3cc(OC(=O)/C=C/c4ccc(OC)cc4)ccc32)ccc1OCc1ccc(Cl)cc1Cl.